The van der Waals surface area contributed by atoms with E-state index in [0.717, 1.165) is 20.6 Å². The number of rotatable bonds is 6. The topological polar surface area (TPSA) is 41.5 Å². The normalized spacial score (nSPS) is 12.0. The van der Waals surface area contributed by atoms with Crippen LogP contribution in [0.25, 0.3) is 0 Å². The van der Waals surface area contributed by atoms with E-state index in [1.165, 1.54) is 0 Å². The molecule has 1 unspecified atom stereocenters. The molecule has 0 heterocycles. The Morgan fingerprint density at radius 3 is 2.76 bits per heavy atom. The molecule has 2 aromatic rings. The molecule has 2 N–H and O–H groups in total. The lowest BCUT2D eigenvalue weighted by Crippen LogP contribution is -2.26. The van der Waals surface area contributed by atoms with Crippen molar-refractivity contribution in [3.05, 3.63) is 56.6 Å². The van der Waals surface area contributed by atoms with Crippen LogP contribution >= 0.6 is 34.2 Å². The highest BCUT2D eigenvalue weighted by Crippen LogP contribution is 2.23. The molecule has 0 aliphatic rings. The lowest BCUT2D eigenvalue weighted by atomic mass is 10.2. The fourth-order valence-electron chi connectivity index (χ4n) is 1.82. The quantitative estimate of drug-likeness (QED) is 0.695. The minimum atomic E-state index is -0.611. The SMILES string of the molecule is Cc1ccccc1OCC(O)CNc1ccc(I)cc1Cl. The van der Waals surface area contributed by atoms with Crippen molar-refractivity contribution in [1.29, 1.82) is 0 Å². The van der Waals surface area contributed by atoms with Crippen LogP contribution in [0.2, 0.25) is 5.02 Å². The number of hydrogen-bond donors (Lipinski definition) is 2. The van der Waals surface area contributed by atoms with Gasteiger partial charge >= 0.3 is 0 Å². The Balaban J connectivity index is 1.82. The Bertz CT molecular complexity index is 607. The molecule has 1 atom stereocenters. The van der Waals surface area contributed by atoms with Gasteiger partial charge in [-0.15, -0.1) is 0 Å². The van der Waals surface area contributed by atoms with Crippen LogP contribution in [-0.2, 0) is 0 Å². The molecule has 112 valence electrons. The fraction of sp³-hybridized carbons (Fsp3) is 0.250. The Morgan fingerprint density at radius 2 is 2.05 bits per heavy atom. The molecule has 0 amide bonds. The van der Waals surface area contributed by atoms with E-state index in [0.29, 0.717) is 11.6 Å². The van der Waals surface area contributed by atoms with Gasteiger partial charge < -0.3 is 15.2 Å². The van der Waals surface area contributed by atoms with Crippen LogP contribution in [0.1, 0.15) is 5.56 Å². The Kier molecular flexibility index (Phi) is 6.14. The summed E-state index contributed by atoms with van der Waals surface area (Å²) in [5.74, 6) is 0.795. The molecule has 0 aliphatic carbocycles. The highest BCUT2D eigenvalue weighted by molar-refractivity contribution is 14.1. The number of aliphatic hydroxyl groups is 1. The molecule has 21 heavy (non-hydrogen) atoms. The second-order valence-corrected chi connectivity index (χ2v) is 6.39. The average Bonchev–Trinajstić information content (AvgIpc) is 2.45. The minimum absolute atomic E-state index is 0.236. The summed E-state index contributed by atoms with van der Waals surface area (Å²) < 4.78 is 6.69. The first-order valence-electron chi connectivity index (χ1n) is 6.61. The zero-order valence-corrected chi connectivity index (χ0v) is 14.6. The van der Waals surface area contributed by atoms with Crippen molar-refractivity contribution in [3.8, 4) is 5.75 Å². The van der Waals surface area contributed by atoms with E-state index in [9.17, 15) is 5.11 Å². The lowest BCUT2D eigenvalue weighted by molar-refractivity contribution is 0.117. The van der Waals surface area contributed by atoms with Crippen LogP contribution in [0.5, 0.6) is 5.75 Å². The first-order valence-corrected chi connectivity index (χ1v) is 8.07. The molecule has 0 aliphatic heterocycles. The maximum Gasteiger partial charge on any atom is 0.122 e. The number of halogens is 2. The van der Waals surface area contributed by atoms with E-state index in [4.69, 9.17) is 16.3 Å². The molecule has 0 fully saturated rings. The van der Waals surface area contributed by atoms with Gasteiger partial charge in [0.05, 0.1) is 10.7 Å². The van der Waals surface area contributed by atoms with Crippen LogP contribution < -0.4 is 10.1 Å². The molecule has 0 radical (unpaired) electrons. The van der Waals surface area contributed by atoms with Crippen LogP contribution in [0.4, 0.5) is 5.69 Å². The van der Waals surface area contributed by atoms with Gasteiger partial charge in [-0.05, 0) is 59.3 Å². The smallest absolute Gasteiger partial charge is 0.122 e. The summed E-state index contributed by atoms with van der Waals surface area (Å²) in [4.78, 5) is 0. The first-order chi connectivity index (χ1) is 10.1. The highest BCUT2D eigenvalue weighted by Gasteiger charge is 2.08. The van der Waals surface area contributed by atoms with Gasteiger partial charge in [-0.3, -0.25) is 0 Å². The van der Waals surface area contributed by atoms with Gasteiger partial charge in [-0.2, -0.15) is 0 Å². The van der Waals surface area contributed by atoms with Crippen molar-refractivity contribution in [1.82, 2.24) is 0 Å². The largest absolute Gasteiger partial charge is 0.491 e. The second kappa shape index (κ2) is 7.87. The van der Waals surface area contributed by atoms with E-state index in [2.05, 4.69) is 27.9 Å². The molecule has 0 saturated carbocycles. The standard InChI is InChI=1S/C16H17ClINO2/c1-11-4-2-3-5-16(11)21-10-13(20)9-19-15-7-6-12(18)8-14(15)17/h2-8,13,19-20H,9-10H2,1H3. The maximum absolute atomic E-state index is 9.98. The number of nitrogens with one attached hydrogen (secondary N) is 1. The fourth-order valence-corrected chi connectivity index (χ4v) is 2.75. The summed E-state index contributed by atoms with van der Waals surface area (Å²) in [6, 6.07) is 13.5. The molecule has 2 rings (SSSR count). The van der Waals surface area contributed by atoms with Gasteiger partial charge in [0.2, 0.25) is 0 Å². The predicted molar refractivity (Wildman–Crippen MR) is 95.3 cm³/mol. The maximum atomic E-state index is 9.98. The third kappa shape index (κ3) is 5.05. The van der Waals surface area contributed by atoms with Gasteiger partial charge in [0.15, 0.2) is 0 Å². The lowest BCUT2D eigenvalue weighted by Gasteiger charge is -2.15. The number of benzene rings is 2. The molecular weight excluding hydrogens is 401 g/mol. The summed E-state index contributed by atoms with van der Waals surface area (Å²) in [6.07, 6.45) is -0.611. The third-order valence-corrected chi connectivity index (χ3v) is 3.97. The molecule has 0 bridgehead atoms. The van der Waals surface area contributed by atoms with Crippen molar-refractivity contribution in [2.75, 3.05) is 18.5 Å². The Hall–Kier alpha value is -0.980. The number of aliphatic hydroxyl groups excluding tert-OH is 1. The Morgan fingerprint density at radius 1 is 1.29 bits per heavy atom. The first kappa shape index (κ1) is 16.4. The van der Waals surface area contributed by atoms with Crippen molar-refractivity contribution >= 4 is 39.9 Å². The highest BCUT2D eigenvalue weighted by atomic mass is 127. The zero-order chi connectivity index (χ0) is 15.2. The number of hydrogen-bond acceptors (Lipinski definition) is 3. The van der Waals surface area contributed by atoms with Gasteiger partial charge in [0, 0.05) is 10.1 Å². The van der Waals surface area contributed by atoms with E-state index < -0.39 is 6.10 Å². The van der Waals surface area contributed by atoms with Gasteiger partial charge in [-0.1, -0.05) is 29.8 Å². The minimum Gasteiger partial charge on any atom is -0.491 e. The van der Waals surface area contributed by atoms with Crippen molar-refractivity contribution in [2.24, 2.45) is 0 Å². The molecule has 0 aromatic heterocycles. The zero-order valence-electron chi connectivity index (χ0n) is 11.6. The molecule has 0 spiro atoms. The number of aryl methyl sites for hydroxylation is 1. The molecule has 5 heteroatoms. The van der Waals surface area contributed by atoms with Crippen LogP contribution in [0.15, 0.2) is 42.5 Å². The van der Waals surface area contributed by atoms with E-state index in [1.54, 1.807) is 0 Å². The predicted octanol–water partition coefficient (Wildman–Crippen LogP) is 4.10. The molecular formula is C16H17ClINO2. The van der Waals surface area contributed by atoms with E-state index in [-0.39, 0.29) is 6.61 Å². The molecule has 0 saturated heterocycles. The summed E-state index contributed by atoms with van der Waals surface area (Å²) in [7, 11) is 0. The average molecular weight is 418 g/mol. The second-order valence-electron chi connectivity index (χ2n) is 4.74. The third-order valence-electron chi connectivity index (χ3n) is 2.98. The van der Waals surface area contributed by atoms with Gasteiger partial charge in [0.1, 0.15) is 18.5 Å². The summed E-state index contributed by atoms with van der Waals surface area (Å²) in [5.41, 5.74) is 1.87. The van der Waals surface area contributed by atoms with Crippen LogP contribution in [0, 0.1) is 10.5 Å². The molecule has 3 nitrogen and oxygen atoms in total. The monoisotopic (exact) mass is 417 g/mol. The van der Waals surface area contributed by atoms with E-state index >= 15 is 0 Å². The summed E-state index contributed by atoms with van der Waals surface area (Å²) in [6.45, 7) is 2.59. The van der Waals surface area contributed by atoms with Crippen LogP contribution in [0.3, 0.4) is 0 Å². The molecule has 2 aromatic carbocycles. The van der Waals surface area contributed by atoms with Crippen molar-refractivity contribution in [3.63, 3.8) is 0 Å². The van der Waals surface area contributed by atoms with Gasteiger partial charge in [0.25, 0.3) is 0 Å². The number of ether oxygens (including phenoxy) is 1. The van der Waals surface area contributed by atoms with Crippen molar-refractivity contribution in [2.45, 2.75) is 13.0 Å². The summed E-state index contributed by atoms with van der Waals surface area (Å²) >= 11 is 8.33. The van der Waals surface area contributed by atoms with Gasteiger partial charge in [-0.25, -0.2) is 0 Å². The van der Waals surface area contributed by atoms with Crippen LogP contribution in [-0.4, -0.2) is 24.4 Å². The van der Waals surface area contributed by atoms with E-state index in [1.807, 2.05) is 49.4 Å². The van der Waals surface area contributed by atoms with Crippen molar-refractivity contribution < 1.29 is 9.84 Å². The number of anilines is 1. The summed E-state index contributed by atoms with van der Waals surface area (Å²) in [5, 5.41) is 13.7. The number of para-hydroxylation sites is 1. The Labute approximate surface area is 143 Å².